The largest absolute Gasteiger partial charge is 0.490 e. The Balaban J connectivity index is 1.49. The predicted molar refractivity (Wildman–Crippen MR) is 173 cm³/mol. The monoisotopic (exact) mass is 680 g/mol. The first-order valence-electron chi connectivity index (χ1n) is 13.6. The van der Waals surface area contributed by atoms with Crippen LogP contribution in [0.2, 0.25) is 5.02 Å². The molecule has 4 aromatic rings. The standard InChI is InChI=1S/C32H30BrClN4O4S/c1-4-16-41-30(39)28-20(3)35-31-36-32(43-19-23-8-6-7-9-25(23)34)37-38(31)29(28)22-12-15-26(27(17-22)40-5-2)42-18-21-10-13-24(33)14-11-21/h4,6-15,17,29H,1,5,16,18-19H2,2-3H3,(H,35,36,37). The highest BCUT2D eigenvalue weighted by Gasteiger charge is 2.36. The molecule has 8 nitrogen and oxygen atoms in total. The van der Waals surface area contributed by atoms with Crippen molar-refractivity contribution in [3.05, 3.63) is 117 Å². The molecule has 0 fully saturated rings. The topological polar surface area (TPSA) is 87.5 Å². The van der Waals surface area contributed by atoms with Crippen LogP contribution in [0.25, 0.3) is 0 Å². The molecule has 0 aliphatic carbocycles. The highest BCUT2D eigenvalue weighted by atomic mass is 79.9. The molecule has 1 aliphatic rings. The van der Waals surface area contributed by atoms with Gasteiger partial charge in [0.05, 0.1) is 12.2 Å². The summed E-state index contributed by atoms with van der Waals surface area (Å²) in [5.74, 6) is 1.77. The van der Waals surface area contributed by atoms with Gasteiger partial charge in [-0.15, -0.1) is 5.10 Å². The fourth-order valence-electron chi connectivity index (χ4n) is 4.56. The summed E-state index contributed by atoms with van der Waals surface area (Å²) in [6, 6.07) is 20.6. The molecule has 0 saturated carbocycles. The molecule has 1 atom stereocenters. The number of carbonyl (C=O) groups is 1. The van der Waals surface area contributed by atoms with Crippen LogP contribution >= 0.6 is 39.3 Å². The Morgan fingerprint density at radius 2 is 1.93 bits per heavy atom. The molecule has 0 saturated heterocycles. The number of esters is 1. The molecule has 1 unspecified atom stereocenters. The quantitative estimate of drug-likeness (QED) is 0.0915. The van der Waals surface area contributed by atoms with E-state index in [1.165, 1.54) is 17.8 Å². The highest BCUT2D eigenvalue weighted by Crippen LogP contribution is 2.40. The second-order valence-corrected chi connectivity index (χ2v) is 11.8. The summed E-state index contributed by atoms with van der Waals surface area (Å²) in [7, 11) is 0. The zero-order valence-electron chi connectivity index (χ0n) is 23.7. The van der Waals surface area contributed by atoms with Crippen molar-refractivity contribution in [2.45, 2.75) is 37.4 Å². The van der Waals surface area contributed by atoms with Gasteiger partial charge >= 0.3 is 5.97 Å². The van der Waals surface area contributed by atoms with E-state index in [0.717, 1.165) is 21.2 Å². The highest BCUT2D eigenvalue weighted by molar-refractivity contribution is 9.10. The van der Waals surface area contributed by atoms with Gasteiger partial charge in [0.15, 0.2) is 11.5 Å². The van der Waals surface area contributed by atoms with Gasteiger partial charge in [0, 0.05) is 20.9 Å². The van der Waals surface area contributed by atoms with Crippen molar-refractivity contribution in [2.24, 2.45) is 0 Å². The van der Waals surface area contributed by atoms with Crippen molar-refractivity contribution in [2.75, 3.05) is 18.5 Å². The Kier molecular flexibility index (Phi) is 10.1. The van der Waals surface area contributed by atoms with E-state index in [1.807, 2.05) is 80.6 Å². The number of ether oxygens (including phenoxy) is 3. The van der Waals surface area contributed by atoms with Gasteiger partial charge in [-0.05, 0) is 60.9 Å². The molecule has 0 amide bonds. The number of nitrogens with one attached hydrogen (secondary N) is 1. The molecule has 43 heavy (non-hydrogen) atoms. The van der Waals surface area contributed by atoms with Crippen LogP contribution in [0.4, 0.5) is 5.95 Å². The fourth-order valence-corrected chi connectivity index (χ4v) is 5.94. The molecule has 1 aliphatic heterocycles. The Hall–Kier alpha value is -3.73. The Morgan fingerprint density at radius 3 is 2.67 bits per heavy atom. The number of benzene rings is 3. The van der Waals surface area contributed by atoms with E-state index in [4.69, 9.17) is 35.9 Å². The second kappa shape index (κ2) is 14.2. The summed E-state index contributed by atoms with van der Waals surface area (Å²) in [5, 5.41) is 9.27. The first-order valence-corrected chi connectivity index (χ1v) is 15.8. The van der Waals surface area contributed by atoms with Gasteiger partial charge < -0.3 is 19.5 Å². The summed E-state index contributed by atoms with van der Waals surface area (Å²) in [4.78, 5) is 18.1. The normalized spacial score (nSPS) is 14.1. The first-order chi connectivity index (χ1) is 20.9. The van der Waals surface area contributed by atoms with Crippen molar-refractivity contribution in [1.29, 1.82) is 0 Å². The number of aromatic nitrogens is 3. The molecule has 0 radical (unpaired) electrons. The van der Waals surface area contributed by atoms with Crippen LogP contribution in [0, 0.1) is 0 Å². The van der Waals surface area contributed by atoms with Gasteiger partial charge in [-0.2, -0.15) is 4.98 Å². The number of nitrogens with zero attached hydrogens (tertiary/aromatic N) is 3. The van der Waals surface area contributed by atoms with E-state index in [1.54, 1.807) is 4.68 Å². The number of anilines is 1. The van der Waals surface area contributed by atoms with Gasteiger partial charge in [-0.1, -0.05) is 88.3 Å². The van der Waals surface area contributed by atoms with Crippen molar-refractivity contribution in [3.63, 3.8) is 0 Å². The number of fused-ring (bicyclic) bond motifs is 1. The van der Waals surface area contributed by atoms with Gasteiger partial charge in [-0.3, -0.25) is 0 Å². The lowest BCUT2D eigenvalue weighted by Crippen LogP contribution is -2.29. The Labute approximate surface area is 268 Å². The molecule has 0 bridgehead atoms. The molecular formula is C32H30BrClN4O4S. The van der Waals surface area contributed by atoms with Crippen molar-refractivity contribution < 1.29 is 19.0 Å². The predicted octanol–water partition coefficient (Wildman–Crippen LogP) is 7.98. The molecule has 3 aromatic carbocycles. The van der Waals surface area contributed by atoms with Gasteiger partial charge in [0.1, 0.15) is 19.3 Å². The number of halogens is 2. The smallest absolute Gasteiger partial charge is 0.338 e. The van der Waals surface area contributed by atoms with E-state index in [9.17, 15) is 4.79 Å². The third-order valence-corrected chi connectivity index (χ3v) is 8.37. The van der Waals surface area contributed by atoms with Crippen LogP contribution in [-0.4, -0.2) is 33.9 Å². The number of hydrogen-bond acceptors (Lipinski definition) is 8. The summed E-state index contributed by atoms with van der Waals surface area (Å²) in [5.41, 5.74) is 3.80. The van der Waals surface area contributed by atoms with E-state index in [2.05, 4.69) is 27.8 Å². The number of carbonyl (C=O) groups excluding carboxylic acids is 1. The molecule has 0 spiro atoms. The number of rotatable bonds is 12. The SMILES string of the molecule is C=CCOC(=O)C1=C(C)Nc2nc(SCc3ccccc3Cl)nn2C1c1ccc(OCc2ccc(Br)cc2)c(OCC)c1. The zero-order chi connectivity index (χ0) is 30.3. The molecular weight excluding hydrogens is 652 g/mol. The molecule has 1 aromatic heterocycles. The van der Waals surface area contributed by atoms with E-state index >= 15 is 0 Å². The van der Waals surface area contributed by atoms with E-state index < -0.39 is 12.0 Å². The molecule has 1 N–H and O–H groups in total. The van der Waals surface area contributed by atoms with Gasteiger partial charge in [0.25, 0.3) is 0 Å². The van der Waals surface area contributed by atoms with Crippen LogP contribution in [-0.2, 0) is 21.9 Å². The van der Waals surface area contributed by atoms with E-state index in [0.29, 0.717) is 57.9 Å². The number of hydrogen-bond donors (Lipinski definition) is 1. The average molecular weight is 682 g/mol. The Morgan fingerprint density at radius 1 is 1.14 bits per heavy atom. The maximum absolute atomic E-state index is 13.4. The minimum atomic E-state index is -0.629. The maximum atomic E-state index is 13.4. The third-order valence-electron chi connectivity index (χ3n) is 6.59. The minimum Gasteiger partial charge on any atom is -0.490 e. The van der Waals surface area contributed by atoms with Crippen molar-refractivity contribution in [1.82, 2.24) is 14.8 Å². The van der Waals surface area contributed by atoms with Crippen LogP contribution < -0.4 is 14.8 Å². The summed E-state index contributed by atoms with van der Waals surface area (Å²) in [6.07, 6.45) is 1.54. The number of allylic oxidation sites excluding steroid dienone is 1. The first kappa shape index (κ1) is 30.7. The lowest BCUT2D eigenvalue weighted by atomic mass is 9.95. The van der Waals surface area contributed by atoms with Crippen LogP contribution in [0.3, 0.4) is 0 Å². The average Bonchev–Trinajstić information content (AvgIpc) is 3.41. The van der Waals surface area contributed by atoms with E-state index in [-0.39, 0.29) is 6.61 Å². The van der Waals surface area contributed by atoms with Crippen LogP contribution in [0.15, 0.2) is 100 Å². The lowest BCUT2D eigenvalue weighted by Gasteiger charge is -2.28. The molecule has 11 heteroatoms. The molecule has 222 valence electrons. The lowest BCUT2D eigenvalue weighted by molar-refractivity contribution is -0.138. The summed E-state index contributed by atoms with van der Waals surface area (Å²) in [6.45, 7) is 8.30. The summed E-state index contributed by atoms with van der Waals surface area (Å²) < 4.78 is 20.4. The van der Waals surface area contributed by atoms with Crippen LogP contribution in [0.5, 0.6) is 11.5 Å². The molecule has 5 rings (SSSR count). The van der Waals surface area contributed by atoms with Crippen molar-refractivity contribution in [3.8, 4) is 11.5 Å². The second-order valence-electron chi connectivity index (χ2n) is 9.55. The number of thioether (sulfide) groups is 1. The fraction of sp³-hybridized carbons (Fsp3) is 0.219. The minimum absolute atomic E-state index is 0.0819. The van der Waals surface area contributed by atoms with Gasteiger partial charge in [0.2, 0.25) is 11.1 Å². The van der Waals surface area contributed by atoms with Crippen molar-refractivity contribution >= 4 is 51.2 Å². The zero-order valence-corrected chi connectivity index (χ0v) is 26.8. The summed E-state index contributed by atoms with van der Waals surface area (Å²) >= 11 is 11.3. The van der Waals surface area contributed by atoms with Crippen LogP contribution in [0.1, 0.15) is 36.6 Å². The third kappa shape index (κ3) is 7.26. The Bertz CT molecular complexity index is 1660. The maximum Gasteiger partial charge on any atom is 0.338 e. The van der Waals surface area contributed by atoms with Gasteiger partial charge in [-0.25, -0.2) is 9.48 Å². The molecule has 2 heterocycles.